The van der Waals surface area contributed by atoms with E-state index in [0.717, 1.165) is 30.9 Å². The average Bonchev–Trinajstić information content (AvgIpc) is 2.74. The second-order valence-corrected chi connectivity index (χ2v) is 4.79. The summed E-state index contributed by atoms with van der Waals surface area (Å²) < 4.78 is 0. The molecule has 0 aromatic carbocycles. The van der Waals surface area contributed by atoms with Crippen molar-refractivity contribution >= 4 is 0 Å². The van der Waals surface area contributed by atoms with Gasteiger partial charge in [-0.3, -0.25) is 0 Å². The first-order valence-corrected chi connectivity index (χ1v) is 6.02. The van der Waals surface area contributed by atoms with E-state index in [9.17, 15) is 5.11 Å². The van der Waals surface area contributed by atoms with Crippen molar-refractivity contribution in [3.8, 4) is 0 Å². The monoisotopic (exact) mass is 236 g/mol. The van der Waals surface area contributed by atoms with Crippen molar-refractivity contribution in [3.63, 3.8) is 0 Å². The predicted molar refractivity (Wildman–Crippen MR) is 65.6 cm³/mol. The lowest BCUT2D eigenvalue weighted by Crippen LogP contribution is -2.18. The number of aliphatic hydroxyl groups excluding tert-OH is 1. The van der Waals surface area contributed by atoms with Gasteiger partial charge in [0.25, 0.3) is 0 Å². The average molecular weight is 236 g/mol. The van der Waals surface area contributed by atoms with Gasteiger partial charge in [0, 0.05) is 30.4 Å². The predicted octanol–water partition coefficient (Wildman–Crippen LogP) is 0.196. The van der Waals surface area contributed by atoms with Gasteiger partial charge in [-0.05, 0) is 33.0 Å². The third kappa shape index (κ3) is 2.80. The van der Waals surface area contributed by atoms with Crippen molar-refractivity contribution in [1.29, 1.82) is 0 Å². The molecule has 5 heteroatoms. The molecule has 2 atom stereocenters. The summed E-state index contributed by atoms with van der Waals surface area (Å²) in [5.41, 5.74) is 7.37. The first-order chi connectivity index (χ1) is 8.10. The van der Waals surface area contributed by atoms with Gasteiger partial charge in [-0.25, -0.2) is 9.97 Å². The first kappa shape index (κ1) is 12.4. The second-order valence-electron chi connectivity index (χ2n) is 4.79. The summed E-state index contributed by atoms with van der Waals surface area (Å²) >= 11 is 0. The van der Waals surface area contributed by atoms with E-state index in [1.54, 1.807) is 0 Å². The van der Waals surface area contributed by atoms with E-state index in [1.165, 1.54) is 0 Å². The normalized spacial score (nSPS) is 22.9. The topological polar surface area (TPSA) is 75.3 Å². The summed E-state index contributed by atoms with van der Waals surface area (Å²) in [5.74, 6) is 0.905. The summed E-state index contributed by atoms with van der Waals surface area (Å²) in [6.07, 6.45) is 0.360. The van der Waals surface area contributed by atoms with Crippen molar-refractivity contribution in [2.75, 3.05) is 26.7 Å². The Kier molecular flexibility index (Phi) is 3.71. The Morgan fingerprint density at radius 1 is 1.59 bits per heavy atom. The number of aromatic nitrogens is 2. The minimum Gasteiger partial charge on any atom is -0.384 e. The van der Waals surface area contributed by atoms with Gasteiger partial charge in [0.15, 0.2) is 5.82 Å². The minimum absolute atomic E-state index is 0.160. The minimum atomic E-state index is -0.757. The standard InChI is InChI=1S/C12H20N4O/c1-8-5-10(9-3-4-16(2)7-9)15-12(14-8)11(17)6-13/h5,9,11,17H,3-4,6-7,13H2,1-2H3. The van der Waals surface area contributed by atoms with E-state index in [1.807, 2.05) is 13.0 Å². The van der Waals surface area contributed by atoms with Crippen LogP contribution in [0.3, 0.4) is 0 Å². The summed E-state index contributed by atoms with van der Waals surface area (Å²) in [4.78, 5) is 11.0. The highest BCUT2D eigenvalue weighted by Crippen LogP contribution is 2.25. The smallest absolute Gasteiger partial charge is 0.158 e. The molecular formula is C12H20N4O. The highest BCUT2D eigenvalue weighted by molar-refractivity contribution is 5.17. The number of aliphatic hydroxyl groups is 1. The molecule has 0 radical (unpaired) electrons. The molecule has 1 aliphatic heterocycles. The zero-order valence-electron chi connectivity index (χ0n) is 10.4. The quantitative estimate of drug-likeness (QED) is 0.784. The fraction of sp³-hybridized carbons (Fsp3) is 0.667. The molecule has 17 heavy (non-hydrogen) atoms. The van der Waals surface area contributed by atoms with Crippen LogP contribution in [0.4, 0.5) is 0 Å². The molecule has 2 heterocycles. The number of nitrogens with two attached hydrogens (primary N) is 1. The van der Waals surface area contributed by atoms with Gasteiger partial charge in [0.05, 0.1) is 0 Å². The summed E-state index contributed by atoms with van der Waals surface area (Å²) in [6.45, 7) is 4.21. The van der Waals surface area contributed by atoms with E-state index in [0.29, 0.717) is 11.7 Å². The largest absolute Gasteiger partial charge is 0.384 e. The molecule has 2 rings (SSSR count). The van der Waals surface area contributed by atoms with Crippen LogP contribution >= 0.6 is 0 Å². The Balaban J connectivity index is 2.25. The number of likely N-dealkylation sites (N-methyl/N-ethyl adjacent to an activating group) is 1. The molecule has 94 valence electrons. The van der Waals surface area contributed by atoms with Crippen molar-refractivity contribution in [2.45, 2.75) is 25.4 Å². The highest BCUT2D eigenvalue weighted by atomic mass is 16.3. The van der Waals surface area contributed by atoms with Gasteiger partial charge in [0.2, 0.25) is 0 Å². The van der Waals surface area contributed by atoms with E-state index < -0.39 is 6.10 Å². The van der Waals surface area contributed by atoms with E-state index in [2.05, 4.69) is 21.9 Å². The van der Waals surface area contributed by atoms with E-state index in [-0.39, 0.29) is 6.54 Å². The summed E-state index contributed by atoms with van der Waals surface area (Å²) in [7, 11) is 2.11. The first-order valence-electron chi connectivity index (χ1n) is 6.02. The molecule has 1 aromatic heterocycles. The molecule has 0 spiro atoms. The van der Waals surface area contributed by atoms with Crippen LogP contribution in [0.15, 0.2) is 6.07 Å². The van der Waals surface area contributed by atoms with Crippen LogP contribution in [0, 0.1) is 6.92 Å². The Hall–Kier alpha value is -1.04. The number of hydrogen-bond donors (Lipinski definition) is 2. The molecule has 2 unspecified atom stereocenters. The second kappa shape index (κ2) is 5.08. The van der Waals surface area contributed by atoms with Gasteiger partial charge in [0.1, 0.15) is 6.10 Å². The maximum atomic E-state index is 9.71. The highest BCUT2D eigenvalue weighted by Gasteiger charge is 2.23. The fourth-order valence-corrected chi connectivity index (χ4v) is 2.26. The van der Waals surface area contributed by atoms with Gasteiger partial charge in [-0.2, -0.15) is 0 Å². The summed E-state index contributed by atoms with van der Waals surface area (Å²) in [5, 5.41) is 9.71. The van der Waals surface area contributed by atoms with E-state index in [4.69, 9.17) is 5.73 Å². The lowest BCUT2D eigenvalue weighted by molar-refractivity contribution is 0.176. The Bertz CT molecular complexity index is 396. The fourth-order valence-electron chi connectivity index (χ4n) is 2.26. The molecule has 1 aliphatic rings. The van der Waals surface area contributed by atoms with Gasteiger partial charge < -0.3 is 15.7 Å². The van der Waals surface area contributed by atoms with Crippen molar-refractivity contribution in [2.24, 2.45) is 5.73 Å². The Morgan fingerprint density at radius 2 is 2.35 bits per heavy atom. The Morgan fingerprint density at radius 3 is 2.94 bits per heavy atom. The van der Waals surface area contributed by atoms with Crippen LogP contribution in [-0.2, 0) is 0 Å². The van der Waals surface area contributed by atoms with Crippen LogP contribution in [0.1, 0.15) is 35.7 Å². The maximum Gasteiger partial charge on any atom is 0.158 e. The molecule has 0 saturated carbocycles. The molecule has 0 amide bonds. The van der Waals surface area contributed by atoms with Crippen LogP contribution in [-0.4, -0.2) is 46.7 Å². The van der Waals surface area contributed by atoms with Gasteiger partial charge in [-0.1, -0.05) is 0 Å². The number of aryl methyl sites for hydroxylation is 1. The van der Waals surface area contributed by atoms with Gasteiger partial charge >= 0.3 is 0 Å². The molecule has 3 N–H and O–H groups in total. The number of rotatable bonds is 3. The van der Waals surface area contributed by atoms with Gasteiger partial charge in [-0.15, -0.1) is 0 Å². The molecule has 0 aliphatic carbocycles. The number of hydrogen-bond acceptors (Lipinski definition) is 5. The molecule has 5 nitrogen and oxygen atoms in total. The van der Waals surface area contributed by atoms with Crippen LogP contribution in [0.5, 0.6) is 0 Å². The zero-order valence-corrected chi connectivity index (χ0v) is 10.4. The SMILES string of the molecule is Cc1cc(C2CCN(C)C2)nc(C(O)CN)n1. The molecule has 1 aromatic rings. The lowest BCUT2D eigenvalue weighted by atomic mass is 10.0. The number of nitrogens with zero attached hydrogens (tertiary/aromatic N) is 3. The third-order valence-corrected chi connectivity index (χ3v) is 3.22. The zero-order chi connectivity index (χ0) is 12.4. The third-order valence-electron chi connectivity index (χ3n) is 3.22. The maximum absolute atomic E-state index is 9.71. The lowest BCUT2D eigenvalue weighted by Gasteiger charge is -2.14. The van der Waals surface area contributed by atoms with Crippen molar-refractivity contribution in [1.82, 2.24) is 14.9 Å². The molecule has 0 bridgehead atoms. The summed E-state index contributed by atoms with van der Waals surface area (Å²) in [6, 6.07) is 2.01. The van der Waals surface area contributed by atoms with Crippen LogP contribution < -0.4 is 5.73 Å². The van der Waals surface area contributed by atoms with Crippen LogP contribution in [0.25, 0.3) is 0 Å². The van der Waals surface area contributed by atoms with Crippen LogP contribution in [0.2, 0.25) is 0 Å². The van der Waals surface area contributed by atoms with Crippen molar-refractivity contribution in [3.05, 3.63) is 23.3 Å². The van der Waals surface area contributed by atoms with Crippen molar-refractivity contribution < 1.29 is 5.11 Å². The molecule has 1 fully saturated rings. The number of likely N-dealkylation sites (tertiary alicyclic amines) is 1. The van der Waals surface area contributed by atoms with E-state index >= 15 is 0 Å². The Labute approximate surface area is 102 Å². The molecular weight excluding hydrogens is 216 g/mol. The molecule has 1 saturated heterocycles.